The Labute approximate surface area is 264 Å². The first kappa shape index (κ1) is 30.5. The molecule has 0 spiro atoms. The average molecular weight is 635 g/mol. The van der Waals surface area contributed by atoms with Crippen LogP contribution in [0.2, 0.25) is 5.02 Å². The van der Waals surface area contributed by atoms with Gasteiger partial charge < -0.3 is 30.3 Å². The van der Waals surface area contributed by atoms with E-state index in [2.05, 4.69) is 49.0 Å². The molecule has 2 atom stereocenters. The Morgan fingerprint density at radius 3 is 2.69 bits per heavy atom. The summed E-state index contributed by atoms with van der Waals surface area (Å²) in [4.78, 5) is 43.3. The number of anilines is 3. The zero-order chi connectivity index (χ0) is 31.7. The van der Waals surface area contributed by atoms with E-state index in [4.69, 9.17) is 11.6 Å². The number of carbonyl (C=O) groups excluding carboxylic acids is 2. The Morgan fingerprint density at radius 2 is 1.93 bits per heavy atom. The molecular weight excluding hydrogens is 602 g/mol. The highest BCUT2D eigenvalue weighted by molar-refractivity contribution is 6.33. The number of fused-ring (bicyclic) bond motifs is 1. The number of piperazine rings is 1. The smallest absolute Gasteiger partial charge is 0.254 e. The van der Waals surface area contributed by atoms with E-state index in [1.54, 1.807) is 30.5 Å². The molecule has 4 aromatic rings. The van der Waals surface area contributed by atoms with Gasteiger partial charge in [-0.25, -0.2) is 18.7 Å². The number of piperidine rings is 1. The van der Waals surface area contributed by atoms with Crippen molar-refractivity contribution in [2.75, 3.05) is 61.8 Å². The number of likely N-dealkylation sites (tertiary alicyclic amines) is 1. The molecule has 2 aliphatic rings. The number of benzene rings is 2. The number of hydrogen-bond donors (Lipinski definition) is 3. The van der Waals surface area contributed by atoms with Crippen LogP contribution in [0.25, 0.3) is 22.2 Å². The fraction of sp³-hybridized carbons (Fsp3) is 0.312. The van der Waals surface area contributed by atoms with Gasteiger partial charge in [0.25, 0.3) is 5.91 Å². The third-order valence-electron chi connectivity index (χ3n) is 8.32. The second kappa shape index (κ2) is 12.8. The van der Waals surface area contributed by atoms with Gasteiger partial charge in [0.1, 0.15) is 12.0 Å². The molecular formula is C32H33ClF2N8O2. The van der Waals surface area contributed by atoms with Gasteiger partial charge in [-0.3, -0.25) is 9.59 Å². The molecule has 10 nitrogen and oxygen atoms in total. The van der Waals surface area contributed by atoms with Crippen molar-refractivity contribution in [3.05, 3.63) is 77.9 Å². The van der Waals surface area contributed by atoms with E-state index in [-0.39, 0.29) is 30.1 Å². The number of alkyl halides is 1. The van der Waals surface area contributed by atoms with Crippen molar-refractivity contribution in [3.63, 3.8) is 0 Å². The van der Waals surface area contributed by atoms with Gasteiger partial charge in [-0.1, -0.05) is 18.2 Å². The number of hydrogen-bond acceptors (Lipinski definition) is 7. The quantitative estimate of drug-likeness (QED) is 0.247. The number of rotatable bonds is 7. The fourth-order valence-electron chi connectivity index (χ4n) is 5.78. The van der Waals surface area contributed by atoms with Gasteiger partial charge in [-0.05, 0) is 55.9 Å². The normalized spacial score (nSPS) is 19.0. The number of nitrogens with zero attached hydrogens (tertiary/aromatic N) is 5. The third-order valence-corrected chi connectivity index (χ3v) is 8.59. The number of H-pyrrole nitrogens is 1. The van der Waals surface area contributed by atoms with Gasteiger partial charge in [-0.2, -0.15) is 0 Å². The van der Waals surface area contributed by atoms with Gasteiger partial charge in [0.2, 0.25) is 11.9 Å². The lowest BCUT2D eigenvalue weighted by Gasteiger charge is -2.36. The average Bonchev–Trinajstić information content (AvgIpc) is 3.45. The summed E-state index contributed by atoms with van der Waals surface area (Å²) < 4.78 is 29.2. The number of amides is 2. The van der Waals surface area contributed by atoms with E-state index >= 15 is 4.39 Å². The minimum Gasteiger partial charge on any atom is -0.367 e. The summed E-state index contributed by atoms with van der Waals surface area (Å²) in [7, 11) is 2.05. The van der Waals surface area contributed by atoms with Crippen LogP contribution in [0.5, 0.6) is 0 Å². The van der Waals surface area contributed by atoms with Crippen LogP contribution >= 0.6 is 11.6 Å². The molecule has 2 amide bonds. The molecule has 2 aromatic carbocycles. The Morgan fingerprint density at radius 1 is 1.13 bits per heavy atom. The first-order valence-corrected chi connectivity index (χ1v) is 15.1. The van der Waals surface area contributed by atoms with Gasteiger partial charge in [0, 0.05) is 61.0 Å². The maximum absolute atomic E-state index is 15.6. The molecule has 2 saturated heterocycles. The molecule has 0 bridgehead atoms. The SMILES string of the molecule is C=CC(=O)Nc1ccc(C(=O)N2CC[C@@H](Nc3ncc(Cl)c(-c4c[nH]c5cc(F)ccc45)n3)[C@H](F)C2)cc1N1CCN(C)CC1. The predicted octanol–water partition coefficient (Wildman–Crippen LogP) is 4.96. The minimum absolute atomic E-state index is 0.107. The van der Waals surface area contributed by atoms with Crippen LogP contribution in [-0.4, -0.2) is 95.1 Å². The molecule has 0 radical (unpaired) electrons. The standard InChI is InChI=1S/C32H33ClF2N8O2/c1-3-29(44)38-26-7-4-19(14-28(26)42-12-10-41(2)11-13-42)31(45)43-9-8-25(24(35)18-43)39-32-37-17-23(33)30(40-32)22-16-36-27-15-20(34)5-6-21(22)27/h3-7,14-17,24-25,36H,1,8-13,18H2,2H3,(H,38,44)(H,37,39,40)/t24-,25-/m1/s1. The van der Waals surface area contributed by atoms with Crippen LogP contribution < -0.4 is 15.5 Å². The molecule has 4 heterocycles. The molecule has 0 saturated carbocycles. The highest BCUT2D eigenvalue weighted by Crippen LogP contribution is 2.34. The van der Waals surface area contributed by atoms with E-state index in [9.17, 15) is 14.0 Å². The van der Waals surface area contributed by atoms with E-state index in [1.807, 2.05) is 0 Å². The lowest BCUT2D eigenvalue weighted by atomic mass is 10.0. The second-order valence-corrected chi connectivity index (χ2v) is 11.7. The van der Waals surface area contributed by atoms with Gasteiger partial charge in [0.15, 0.2) is 0 Å². The molecule has 2 aromatic heterocycles. The van der Waals surface area contributed by atoms with Crippen molar-refractivity contribution >= 4 is 51.6 Å². The van der Waals surface area contributed by atoms with Crippen LogP contribution in [0.4, 0.5) is 26.1 Å². The van der Waals surface area contributed by atoms with Gasteiger partial charge in [-0.15, -0.1) is 0 Å². The number of halogens is 3. The number of aromatic amines is 1. The minimum atomic E-state index is -1.38. The highest BCUT2D eigenvalue weighted by Gasteiger charge is 2.33. The summed E-state index contributed by atoms with van der Waals surface area (Å²) in [6.45, 7) is 6.91. The van der Waals surface area contributed by atoms with Gasteiger partial charge in [0.05, 0.1) is 40.9 Å². The summed E-state index contributed by atoms with van der Waals surface area (Å²) in [5, 5.41) is 6.96. The van der Waals surface area contributed by atoms with Crippen molar-refractivity contribution in [2.45, 2.75) is 18.6 Å². The lowest BCUT2D eigenvalue weighted by molar-refractivity contribution is -0.111. The van der Waals surface area contributed by atoms with Crippen LogP contribution in [-0.2, 0) is 4.79 Å². The predicted molar refractivity (Wildman–Crippen MR) is 172 cm³/mol. The van der Waals surface area contributed by atoms with Crippen molar-refractivity contribution < 1.29 is 18.4 Å². The molecule has 45 heavy (non-hydrogen) atoms. The Balaban J connectivity index is 1.16. The molecule has 6 rings (SSSR count). The zero-order valence-electron chi connectivity index (χ0n) is 24.7. The van der Waals surface area contributed by atoms with Crippen molar-refractivity contribution in [3.8, 4) is 11.3 Å². The summed E-state index contributed by atoms with van der Waals surface area (Å²) in [6, 6.07) is 8.90. The third kappa shape index (κ3) is 6.47. The number of aromatic nitrogens is 3. The topological polar surface area (TPSA) is 109 Å². The Kier molecular flexibility index (Phi) is 8.68. The van der Waals surface area contributed by atoms with E-state index in [0.29, 0.717) is 46.0 Å². The molecule has 2 aliphatic heterocycles. The number of carbonyl (C=O) groups is 2. The summed E-state index contributed by atoms with van der Waals surface area (Å²) >= 11 is 6.42. The Hall–Kier alpha value is -4.55. The highest BCUT2D eigenvalue weighted by atomic mass is 35.5. The Bertz CT molecular complexity index is 1760. The zero-order valence-corrected chi connectivity index (χ0v) is 25.5. The van der Waals surface area contributed by atoms with Crippen molar-refractivity contribution in [1.29, 1.82) is 0 Å². The van der Waals surface area contributed by atoms with E-state index in [1.165, 1.54) is 29.3 Å². The lowest BCUT2D eigenvalue weighted by Crippen LogP contribution is -2.50. The van der Waals surface area contributed by atoms with E-state index < -0.39 is 12.2 Å². The summed E-state index contributed by atoms with van der Waals surface area (Å²) in [5.41, 5.74) is 3.45. The van der Waals surface area contributed by atoms with Crippen LogP contribution in [0.15, 0.2) is 61.4 Å². The van der Waals surface area contributed by atoms with Crippen molar-refractivity contribution in [2.24, 2.45) is 0 Å². The molecule has 0 unspecified atom stereocenters. The van der Waals surface area contributed by atoms with Crippen LogP contribution in [0.3, 0.4) is 0 Å². The largest absolute Gasteiger partial charge is 0.367 e. The first-order valence-electron chi connectivity index (χ1n) is 14.7. The molecule has 0 aliphatic carbocycles. The number of likely N-dealkylation sites (N-methyl/N-ethyl adjacent to an activating group) is 1. The summed E-state index contributed by atoms with van der Waals surface area (Å²) in [5.74, 6) is -0.788. The second-order valence-electron chi connectivity index (χ2n) is 11.3. The fourth-order valence-corrected chi connectivity index (χ4v) is 5.98. The first-order chi connectivity index (χ1) is 21.7. The van der Waals surface area contributed by atoms with Crippen LogP contribution in [0.1, 0.15) is 16.8 Å². The maximum Gasteiger partial charge on any atom is 0.254 e. The molecule has 2 fully saturated rings. The van der Waals surface area contributed by atoms with Crippen LogP contribution in [0, 0.1) is 5.82 Å². The monoisotopic (exact) mass is 634 g/mol. The summed E-state index contributed by atoms with van der Waals surface area (Å²) in [6.07, 6.45) is 3.29. The molecule has 13 heteroatoms. The maximum atomic E-state index is 15.6. The van der Waals surface area contributed by atoms with E-state index in [0.717, 1.165) is 37.3 Å². The molecule has 234 valence electrons. The number of nitrogens with one attached hydrogen (secondary N) is 3. The molecule has 3 N–H and O–H groups in total. The van der Waals surface area contributed by atoms with Crippen molar-refractivity contribution in [1.82, 2.24) is 24.8 Å². The van der Waals surface area contributed by atoms with Gasteiger partial charge >= 0.3 is 0 Å².